The highest BCUT2D eigenvalue weighted by molar-refractivity contribution is 7.20. The van der Waals surface area contributed by atoms with E-state index >= 15 is 0 Å². The summed E-state index contributed by atoms with van der Waals surface area (Å²) in [5, 5.41) is 6.85. The molecule has 3 heterocycles. The van der Waals surface area contributed by atoms with Gasteiger partial charge in [-0.25, -0.2) is 4.98 Å². The maximum absolute atomic E-state index is 11.8. The van der Waals surface area contributed by atoms with Gasteiger partial charge in [-0.05, 0) is 6.42 Å². The van der Waals surface area contributed by atoms with Gasteiger partial charge in [-0.2, -0.15) is 0 Å². The summed E-state index contributed by atoms with van der Waals surface area (Å²) in [7, 11) is 0. The fourth-order valence-electron chi connectivity index (χ4n) is 1.99. The van der Waals surface area contributed by atoms with Gasteiger partial charge in [-0.3, -0.25) is 4.79 Å². The first-order valence-corrected chi connectivity index (χ1v) is 10.2. The molecule has 0 saturated heterocycles. The number of hydrogen-bond donors (Lipinski definition) is 2. The van der Waals surface area contributed by atoms with Crippen LogP contribution in [0.1, 0.15) is 44.5 Å². The summed E-state index contributed by atoms with van der Waals surface area (Å²) < 4.78 is 0.989. The van der Waals surface area contributed by atoms with E-state index in [1.165, 1.54) is 0 Å². The van der Waals surface area contributed by atoms with E-state index < -0.39 is 0 Å². The molecule has 132 valence electrons. The molecule has 7 heteroatoms. The van der Waals surface area contributed by atoms with E-state index in [9.17, 15) is 4.79 Å². The average Bonchev–Trinajstić information content (AvgIpc) is 3.25. The zero-order chi connectivity index (χ0) is 18.1. The number of fused-ring (bicyclic) bond motifs is 1. The Morgan fingerprint density at radius 3 is 2.58 bits per heavy atom. The molecule has 3 rings (SSSR count). The summed E-state index contributed by atoms with van der Waals surface area (Å²) in [6.45, 7) is 10.7. The number of thiophene rings is 1. The molecule has 0 aliphatic carbocycles. The highest BCUT2D eigenvalue weighted by Crippen LogP contribution is 2.37. The first-order chi connectivity index (χ1) is 11.7. The lowest BCUT2D eigenvalue weighted by Crippen LogP contribution is -2.07. The Hall–Kier alpha value is -1.37. The SMILES string of the molecule is CC.CC.CCc1sc2c(NCc3nccs3)cc(=O)[nH]c2c1Cl. The fraction of sp³-hybridized carbons (Fsp3) is 0.412. The number of rotatable bonds is 4. The van der Waals surface area contributed by atoms with Crippen molar-refractivity contribution in [2.24, 2.45) is 0 Å². The van der Waals surface area contributed by atoms with Crippen LogP contribution in [0.4, 0.5) is 5.69 Å². The molecule has 3 aromatic rings. The quantitative estimate of drug-likeness (QED) is 0.585. The van der Waals surface area contributed by atoms with Gasteiger partial charge in [0, 0.05) is 22.5 Å². The van der Waals surface area contributed by atoms with Crippen molar-refractivity contribution in [1.29, 1.82) is 0 Å². The molecule has 4 nitrogen and oxygen atoms in total. The molecular weight excluding hydrogens is 362 g/mol. The number of halogens is 1. The molecule has 0 saturated carbocycles. The molecule has 0 fully saturated rings. The number of aromatic nitrogens is 2. The van der Waals surface area contributed by atoms with Crippen LogP contribution in [0, 0.1) is 0 Å². The van der Waals surface area contributed by atoms with Crippen LogP contribution in [-0.2, 0) is 13.0 Å². The Bertz CT molecular complexity index is 794. The molecule has 2 N–H and O–H groups in total. The van der Waals surface area contributed by atoms with Crippen molar-refractivity contribution in [3.05, 3.63) is 42.9 Å². The molecule has 0 aromatic carbocycles. The van der Waals surface area contributed by atoms with Gasteiger partial charge in [0.15, 0.2) is 0 Å². The molecule has 0 atom stereocenters. The second-order valence-electron chi connectivity index (χ2n) is 4.22. The van der Waals surface area contributed by atoms with E-state index in [1.807, 2.05) is 33.1 Å². The monoisotopic (exact) mass is 385 g/mol. The fourth-order valence-corrected chi connectivity index (χ4v) is 4.07. The highest BCUT2D eigenvalue weighted by Gasteiger charge is 2.13. The molecule has 3 aromatic heterocycles. The maximum Gasteiger partial charge on any atom is 0.250 e. The predicted molar refractivity (Wildman–Crippen MR) is 109 cm³/mol. The number of pyridine rings is 1. The van der Waals surface area contributed by atoms with E-state index in [4.69, 9.17) is 11.6 Å². The van der Waals surface area contributed by atoms with E-state index in [0.29, 0.717) is 11.6 Å². The van der Waals surface area contributed by atoms with Gasteiger partial charge in [-0.15, -0.1) is 22.7 Å². The predicted octanol–water partition coefficient (Wildman–Crippen LogP) is 5.93. The van der Waals surface area contributed by atoms with Crippen LogP contribution in [0.2, 0.25) is 5.02 Å². The second-order valence-corrected chi connectivity index (χ2v) is 6.69. The summed E-state index contributed by atoms with van der Waals surface area (Å²) in [5.74, 6) is 0. The van der Waals surface area contributed by atoms with Crippen LogP contribution in [-0.4, -0.2) is 9.97 Å². The van der Waals surface area contributed by atoms with E-state index in [0.717, 1.165) is 32.2 Å². The number of aromatic amines is 1. The highest BCUT2D eigenvalue weighted by atomic mass is 35.5. The van der Waals surface area contributed by atoms with Gasteiger partial charge < -0.3 is 10.3 Å². The van der Waals surface area contributed by atoms with Crippen LogP contribution >= 0.6 is 34.3 Å². The Balaban J connectivity index is 0.000000671. The summed E-state index contributed by atoms with van der Waals surface area (Å²) in [5.41, 5.74) is 1.38. The van der Waals surface area contributed by atoms with Crippen molar-refractivity contribution >= 4 is 50.2 Å². The lowest BCUT2D eigenvalue weighted by Gasteiger charge is -2.05. The lowest BCUT2D eigenvalue weighted by molar-refractivity contribution is 1.10. The molecule has 0 amide bonds. The molecule has 0 aliphatic heterocycles. The van der Waals surface area contributed by atoms with E-state index in [1.54, 1.807) is 34.9 Å². The average molecular weight is 386 g/mol. The molecule has 24 heavy (non-hydrogen) atoms. The van der Waals surface area contributed by atoms with Crippen LogP contribution in [0.3, 0.4) is 0 Å². The number of H-pyrrole nitrogens is 1. The Morgan fingerprint density at radius 1 is 1.29 bits per heavy atom. The Kier molecular flexibility index (Phi) is 9.03. The van der Waals surface area contributed by atoms with E-state index in [2.05, 4.69) is 22.2 Å². The van der Waals surface area contributed by atoms with Crippen molar-refractivity contribution in [3.8, 4) is 0 Å². The molecule has 0 aliphatic rings. The van der Waals surface area contributed by atoms with Gasteiger partial charge in [0.1, 0.15) is 5.01 Å². The largest absolute Gasteiger partial charge is 0.377 e. The van der Waals surface area contributed by atoms with E-state index in [-0.39, 0.29) is 5.56 Å². The molecule has 0 bridgehead atoms. The number of hydrogen-bond acceptors (Lipinski definition) is 5. The first-order valence-electron chi connectivity index (χ1n) is 8.15. The topological polar surface area (TPSA) is 57.8 Å². The molecule has 0 spiro atoms. The van der Waals surface area contributed by atoms with Crippen LogP contribution < -0.4 is 10.9 Å². The zero-order valence-corrected chi connectivity index (χ0v) is 17.1. The van der Waals surface area contributed by atoms with Crippen molar-refractivity contribution < 1.29 is 0 Å². The van der Waals surface area contributed by atoms with Crippen LogP contribution in [0.15, 0.2) is 22.4 Å². The van der Waals surface area contributed by atoms with Gasteiger partial charge >= 0.3 is 0 Å². The number of nitrogens with zero attached hydrogens (tertiary/aromatic N) is 1. The normalized spacial score (nSPS) is 9.75. The Labute approximate surface area is 155 Å². The lowest BCUT2D eigenvalue weighted by atomic mass is 10.3. The van der Waals surface area contributed by atoms with Crippen molar-refractivity contribution in [2.45, 2.75) is 47.6 Å². The van der Waals surface area contributed by atoms with Gasteiger partial charge in [0.05, 0.1) is 27.5 Å². The standard InChI is InChI=1S/C13H12ClN3OS2.2C2H6/c1-2-8-11(14)12-13(20-8)7(5-9(18)17-12)16-6-10-15-3-4-19-10;2*1-2/h3-5H,2,6H2,1H3,(H2,16,17,18);2*1-2H3. The minimum Gasteiger partial charge on any atom is -0.377 e. The molecular formula is C17H24ClN3OS2. The third-order valence-corrected chi connectivity index (χ3v) is 5.60. The first kappa shape index (κ1) is 20.7. The van der Waals surface area contributed by atoms with Crippen molar-refractivity contribution in [1.82, 2.24) is 9.97 Å². The van der Waals surface area contributed by atoms with Crippen LogP contribution in [0.5, 0.6) is 0 Å². The summed E-state index contributed by atoms with van der Waals surface area (Å²) in [6, 6.07) is 1.57. The third-order valence-electron chi connectivity index (χ3n) is 2.92. The third kappa shape index (κ3) is 4.82. The smallest absolute Gasteiger partial charge is 0.250 e. The number of aryl methyl sites for hydroxylation is 1. The second kappa shape index (κ2) is 10.5. The Morgan fingerprint density at radius 2 is 2.00 bits per heavy atom. The minimum absolute atomic E-state index is 0.151. The van der Waals surface area contributed by atoms with Crippen LogP contribution in [0.25, 0.3) is 10.2 Å². The van der Waals surface area contributed by atoms with Gasteiger partial charge in [0.2, 0.25) is 0 Å². The summed E-state index contributed by atoms with van der Waals surface area (Å²) in [6.07, 6.45) is 2.62. The number of nitrogens with one attached hydrogen (secondary N) is 2. The van der Waals surface area contributed by atoms with Crippen molar-refractivity contribution in [2.75, 3.05) is 5.32 Å². The van der Waals surface area contributed by atoms with Gasteiger partial charge in [0.25, 0.3) is 5.56 Å². The minimum atomic E-state index is -0.151. The number of thiazole rings is 1. The van der Waals surface area contributed by atoms with Gasteiger partial charge in [-0.1, -0.05) is 46.2 Å². The van der Waals surface area contributed by atoms with Crippen molar-refractivity contribution in [3.63, 3.8) is 0 Å². The maximum atomic E-state index is 11.8. The number of anilines is 1. The molecule has 0 radical (unpaired) electrons. The molecule has 0 unspecified atom stereocenters. The zero-order valence-electron chi connectivity index (χ0n) is 14.7. The summed E-state index contributed by atoms with van der Waals surface area (Å²) in [4.78, 5) is 19.9. The summed E-state index contributed by atoms with van der Waals surface area (Å²) >= 11 is 9.50.